The zero-order valence-corrected chi connectivity index (χ0v) is 7.78. The Bertz CT molecular complexity index is 406. The standard InChI is InChI=1S/C8H7F3N2O3/c9-8(10,11)6-1-5(4-12-14)2-7(3-6)13(15)16/h1-3,12,14H,4H2. The smallest absolute Gasteiger partial charge is 0.316 e. The third-order valence-electron chi connectivity index (χ3n) is 1.80. The van der Waals surface area contributed by atoms with Crippen molar-refractivity contribution in [3.8, 4) is 0 Å². The maximum absolute atomic E-state index is 12.3. The van der Waals surface area contributed by atoms with E-state index in [0.29, 0.717) is 6.07 Å². The van der Waals surface area contributed by atoms with Crippen molar-refractivity contribution in [2.75, 3.05) is 0 Å². The second kappa shape index (κ2) is 4.45. The molecule has 1 rings (SSSR count). The Labute approximate surface area is 87.6 Å². The first-order chi connectivity index (χ1) is 7.34. The molecule has 8 heteroatoms. The molecule has 16 heavy (non-hydrogen) atoms. The van der Waals surface area contributed by atoms with Crippen molar-refractivity contribution in [2.45, 2.75) is 12.7 Å². The largest absolute Gasteiger partial charge is 0.416 e. The van der Waals surface area contributed by atoms with Crippen LogP contribution in [0.5, 0.6) is 0 Å². The van der Waals surface area contributed by atoms with E-state index >= 15 is 0 Å². The van der Waals surface area contributed by atoms with Gasteiger partial charge >= 0.3 is 6.18 Å². The fourth-order valence-corrected chi connectivity index (χ4v) is 1.14. The Balaban J connectivity index is 3.24. The lowest BCUT2D eigenvalue weighted by molar-refractivity contribution is -0.385. The van der Waals surface area contributed by atoms with Crippen molar-refractivity contribution in [3.63, 3.8) is 0 Å². The number of hydrogen-bond donors (Lipinski definition) is 2. The predicted octanol–water partition coefficient (Wildman–Crippen LogP) is 2.09. The Morgan fingerprint density at radius 1 is 1.38 bits per heavy atom. The normalized spacial score (nSPS) is 11.5. The number of halogens is 3. The highest BCUT2D eigenvalue weighted by molar-refractivity contribution is 5.40. The summed E-state index contributed by atoms with van der Waals surface area (Å²) in [5, 5.41) is 18.7. The van der Waals surface area contributed by atoms with Crippen molar-refractivity contribution >= 4 is 5.69 Å². The summed E-state index contributed by atoms with van der Waals surface area (Å²) in [7, 11) is 0. The third-order valence-corrected chi connectivity index (χ3v) is 1.80. The van der Waals surface area contributed by atoms with E-state index in [1.54, 1.807) is 5.48 Å². The van der Waals surface area contributed by atoms with Crippen LogP contribution in [-0.2, 0) is 12.7 Å². The lowest BCUT2D eigenvalue weighted by atomic mass is 10.1. The van der Waals surface area contributed by atoms with Crippen LogP contribution in [0, 0.1) is 10.1 Å². The molecule has 0 aliphatic rings. The van der Waals surface area contributed by atoms with Gasteiger partial charge in [-0.15, -0.1) is 0 Å². The van der Waals surface area contributed by atoms with Crippen LogP contribution in [-0.4, -0.2) is 10.1 Å². The van der Waals surface area contributed by atoms with Crippen molar-refractivity contribution in [1.29, 1.82) is 0 Å². The van der Waals surface area contributed by atoms with Crippen LogP contribution in [0.2, 0.25) is 0 Å². The van der Waals surface area contributed by atoms with E-state index in [0.717, 1.165) is 12.1 Å². The van der Waals surface area contributed by atoms with Crippen LogP contribution in [0.4, 0.5) is 18.9 Å². The number of alkyl halides is 3. The quantitative estimate of drug-likeness (QED) is 0.622. The molecule has 0 aliphatic carbocycles. The minimum Gasteiger partial charge on any atom is -0.316 e. The van der Waals surface area contributed by atoms with Gasteiger partial charge < -0.3 is 5.21 Å². The van der Waals surface area contributed by atoms with E-state index in [1.807, 2.05) is 0 Å². The second-order valence-corrected chi connectivity index (χ2v) is 2.98. The molecule has 0 saturated heterocycles. The molecule has 0 fully saturated rings. The number of non-ortho nitro benzene ring substituents is 1. The zero-order valence-electron chi connectivity index (χ0n) is 7.78. The maximum Gasteiger partial charge on any atom is 0.416 e. The van der Waals surface area contributed by atoms with Crippen LogP contribution >= 0.6 is 0 Å². The summed E-state index contributed by atoms with van der Waals surface area (Å²) in [5.41, 5.74) is -0.170. The first-order valence-corrected chi connectivity index (χ1v) is 4.07. The van der Waals surface area contributed by atoms with E-state index in [2.05, 4.69) is 0 Å². The molecular weight excluding hydrogens is 229 g/mol. The summed E-state index contributed by atoms with van der Waals surface area (Å²) in [6, 6.07) is 2.13. The van der Waals surface area contributed by atoms with E-state index in [9.17, 15) is 23.3 Å². The molecule has 0 saturated carbocycles. The van der Waals surface area contributed by atoms with E-state index in [1.165, 1.54) is 0 Å². The van der Waals surface area contributed by atoms with Gasteiger partial charge in [-0.1, -0.05) is 0 Å². The van der Waals surface area contributed by atoms with Gasteiger partial charge in [0.25, 0.3) is 5.69 Å². The van der Waals surface area contributed by atoms with Gasteiger partial charge in [-0.05, 0) is 11.6 Å². The first kappa shape index (κ1) is 12.4. The number of nitrogens with zero attached hydrogens (tertiary/aromatic N) is 1. The Hall–Kier alpha value is -1.67. The van der Waals surface area contributed by atoms with Gasteiger partial charge in [0.05, 0.1) is 10.5 Å². The average Bonchev–Trinajstić information content (AvgIpc) is 2.16. The number of nitrogens with one attached hydrogen (secondary N) is 1. The van der Waals surface area contributed by atoms with Crippen molar-refractivity contribution in [3.05, 3.63) is 39.4 Å². The Morgan fingerprint density at radius 2 is 2.00 bits per heavy atom. The number of hydroxylamine groups is 1. The van der Waals surface area contributed by atoms with Crippen LogP contribution in [0.3, 0.4) is 0 Å². The molecule has 2 N–H and O–H groups in total. The van der Waals surface area contributed by atoms with Gasteiger partial charge in [0, 0.05) is 18.7 Å². The van der Waals surface area contributed by atoms with Crippen LogP contribution in [0.1, 0.15) is 11.1 Å². The van der Waals surface area contributed by atoms with Crippen LogP contribution in [0.25, 0.3) is 0 Å². The molecule has 0 heterocycles. The summed E-state index contributed by atoms with van der Waals surface area (Å²) in [5.74, 6) is 0. The maximum atomic E-state index is 12.3. The number of rotatable bonds is 3. The molecule has 0 spiro atoms. The van der Waals surface area contributed by atoms with Crippen molar-refractivity contribution in [1.82, 2.24) is 5.48 Å². The topological polar surface area (TPSA) is 75.4 Å². The Kier molecular flexibility index (Phi) is 3.45. The molecule has 0 unspecified atom stereocenters. The van der Waals surface area contributed by atoms with E-state index in [-0.39, 0.29) is 12.1 Å². The minimum atomic E-state index is -4.66. The van der Waals surface area contributed by atoms with Crippen molar-refractivity contribution in [2.24, 2.45) is 0 Å². The number of nitro benzene ring substituents is 1. The second-order valence-electron chi connectivity index (χ2n) is 2.98. The highest BCUT2D eigenvalue weighted by Crippen LogP contribution is 2.32. The van der Waals surface area contributed by atoms with Crippen molar-refractivity contribution < 1.29 is 23.3 Å². The first-order valence-electron chi connectivity index (χ1n) is 4.07. The van der Waals surface area contributed by atoms with E-state index in [4.69, 9.17) is 5.21 Å². The molecule has 0 amide bonds. The predicted molar refractivity (Wildman–Crippen MR) is 46.7 cm³/mol. The van der Waals surface area contributed by atoms with Crippen LogP contribution < -0.4 is 5.48 Å². The van der Waals surface area contributed by atoms with Gasteiger partial charge in [0.2, 0.25) is 0 Å². The highest BCUT2D eigenvalue weighted by atomic mass is 19.4. The SMILES string of the molecule is O=[N+]([O-])c1cc(CNO)cc(C(F)(F)F)c1. The van der Waals surface area contributed by atoms with Gasteiger partial charge in [-0.3, -0.25) is 10.1 Å². The average molecular weight is 236 g/mol. The Morgan fingerprint density at radius 3 is 2.44 bits per heavy atom. The van der Waals surface area contributed by atoms with Crippen LogP contribution in [0.15, 0.2) is 18.2 Å². The molecule has 1 aromatic carbocycles. The summed E-state index contributed by atoms with van der Waals surface area (Å²) in [6.45, 7) is -0.301. The zero-order chi connectivity index (χ0) is 12.3. The van der Waals surface area contributed by atoms with Gasteiger partial charge in [0.15, 0.2) is 0 Å². The molecule has 1 aromatic rings. The third kappa shape index (κ3) is 2.91. The lowest BCUT2D eigenvalue weighted by Gasteiger charge is -2.08. The summed E-state index contributed by atoms with van der Waals surface area (Å²) in [6.07, 6.45) is -4.66. The highest BCUT2D eigenvalue weighted by Gasteiger charge is 2.32. The van der Waals surface area contributed by atoms with Gasteiger partial charge in [-0.2, -0.15) is 13.2 Å². The monoisotopic (exact) mass is 236 g/mol. The molecule has 0 aromatic heterocycles. The molecule has 0 bridgehead atoms. The molecular formula is C8H7F3N2O3. The summed E-state index contributed by atoms with van der Waals surface area (Å²) < 4.78 is 37.0. The molecule has 0 radical (unpaired) electrons. The molecule has 5 nitrogen and oxygen atoms in total. The minimum absolute atomic E-state index is 0.0241. The number of hydrogen-bond acceptors (Lipinski definition) is 4. The summed E-state index contributed by atoms with van der Waals surface area (Å²) >= 11 is 0. The number of nitro groups is 1. The molecule has 88 valence electrons. The number of benzene rings is 1. The molecule has 0 aliphatic heterocycles. The molecule has 0 atom stereocenters. The van der Waals surface area contributed by atoms with E-state index < -0.39 is 22.4 Å². The fourth-order valence-electron chi connectivity index (χ4n) is 1.14. The fraction of sp³-hybridized carbons (Fsp3) is 0.250. The summed E-state index contributed by atoms with van der Waals surface area (Å²) in [4.78, 5) is 9.47. The lowest BCUT2D eigenvalue weighted by Crippen LogP contribution is -2.10. The van der Waals surface area contributed by atoms with Gasteiger partial charge in [-0.25, -0.2) is 5.48 Å². The van der Waals surface area contributed by atoms with Gasteiger partial charge in [0.1, 0.15) is 0 Å².